The summed E-state index contributed by atoms with van der Waals surface area (Å²) >= 11 is 4.76. The van der Waals surface area contributed by atoms with Crippen molar-refractivity contribution in [2.75, 3.05) is 11.1 Å². The maximum Gasteiger partial charge on any atom is 0.234 e. The Kier molecular flexibility index (Phi) is 8.38. The van der Waals surface area contributed by atoms with Crippen molar-refractivity contribution in [3.63, 3.8) is 0 Å². The molecule has 2 atom stereocenters. The van der Waals surface area contributed by atoms with Crippen LogP contribution in [0.5, 0.6) is 0 Å². The molecule has 2 N–H and O–H groups in total. The molecule has 2 amide bonds. The highest BCUT2D eigenvalue weighted by atomic mass is 79.9. The van der Waals surface area contributed by atoms with Crippen LogP contribution in [0.25, 0.3) is 0 Å². The molecule has 2 aromatic rings. The molecule has 0 bridgehead atoms. The van der Waals surface area contributed by atoms with Crippen molar-refractivity contribution in [2.45, 2.75) is 38.5 Å². The summed E-state index contributed by atoms with van der Waals surface area (Å²) in [7, 11) is 0. The quantitative estimate of drug-likeness (QED) is 0.591. The van der Waals surface area contributed by atoms with Gasteiger partial charge >= 0.3 is 0 Å². The highest BCUT2D eigenvalue weighted by molar-refractivity contribution is 9.10. The third kappa shape index (κ3) is 7.03. The maximum absolute atomic E-state index is 12.5. The third-order valence-electron chi connectivity index (χ3n) is 4.17. The summed E-state index contributed by atoms with van der Waals surface area (Å²) in [6, 6.07) is 15.6. The zero-order valence-corrected chi connectivity index (χ0v) is 18.2. The van der Waals surface area contributed by atoms with Gasteiger partial charge in [0.1, 0.15) is 0 Å². The van der Waals surface area contributed by atoms with E-state index in [0.29, 0.717) is 0 Å². The van der Waals surface area contributed by atoms with E-state index in [2.05, 4.69) is 26.6 Å². The first-order valence-electron chi connectivity index (χ1n) is 8.93. The molecular formula is C21H25BrN2O2S. The molecule has 0 aromatic heterocycles. The molecule has 0 spiro atoms. The number of benzene rings is 2. The fourth-order valence-corrected chi connectivity index (χ4v) is 3.47. The number of nitrogens with one attached hydrogen (secondary N) is 2. The van der Waals surface area contributed by atoms with Crippen molar-refractivity contribution < 1.29 is 9.59 Å². The van der Waals surface area contributed by atoms with Gasteiger partial charge in [-0.05, 0) is 50.1 Å². The van der Waals surface area contributed by atoms with Crippen LogP contribution in [0.15, 0.2) is 53.0 Å². The van der Waals surface area contributed by atoms with Gasteiger partial charge in [-0.25, -0.2) is 0 Å². The van der Waals surface area contributed by atoms with Gasteiger partial charge in [0, 0.05) is 10.2 Å². The first-order chi connectivity index (χ1) is 12.9. The van der Waals surface area contributed by atoms with Crippen LogP contribution in [0.1, 0.15) is 37.4 Å². The zero-order valence-electron chi connectivity index (χ0n) is 15.8. The molecule has 0 heterocycles. The van der Waals surface area contributed by atoms with Gasteiger partial charge in [-0.1, -0.05) is 52.7 Å². The van der Waals surface area contributed by atoms with Gasteiger partial charge in [-0.3, -0.25) is 9.59 Å². The molecule has 2 aromatic carbocycles. The molecule has 2 rings (SSSR count). The number of hydrogen-bond acceptors (Lipinski definition) is 3. The van der Waals surface area contributed by atoms with Crippen LogP contribution in [0.3, 0.4) is 0 Å². The lowest BCUT2D eigenvalue weighted by Crippen LogP contribution is -2.34. The summed E-state index contributed by atoms with van der Waals surface area (Å²) < 4.78 is 1.01. The van der Waals surface area contributed by atoms with Crippen molar-refractivity contribution in [2.24, 2.45) is 0 Å². The number of thioether (sulfide) groups is 1. The Bertz CT molecular complexity index is 763. The predicted molar refractivity (Wildman–Crippen MR) is 117 cm³/mol. The topological polar surface area (TPSA) is 58.2 Å². The van der Waals surface area contributed by atoms with E-state index >= 15 is 0 Å². The predicted octanol–water partition coefficient (Wildman–Crippen LogP) is 5.09. The summed E-state index contributed by atoms with van der Waals surface area (Å²) in [5.41, 5.74) is 2.98. The van der Waals surface area contributed by atoms with Gasteiger partial charge in [0.2, 0.25) is 11.8 Å². The Balaban J connectivity index is 1.82. The van der Waals surface area contributed by atoms with E-state index in [9.17, 15) is 9.59 Å². The van der Waals surface area contributed by atoms with Gasteiger partial charge in [0.25, 0.3) is 0 Å². The average Bonchev–Trinajstić information content (AvgIpc) is 2.66. The minimum Gasteiger partial charge on any atom is -0.348 e. The second-order valence-corrected chi connectivity index (χ2v) is 8.63. The second-order valence-electron chi connectivity index (χ2n) is 6.39. The number of aryl methyl sites for hydroxylation is 1. The highest BCUT2D eigenvalue weighted by Gasteiger charge is 2.19. The summed E-state index contributed by atoms with van der Waals surface area (Å²) in [4.78, 5) is 24.6. The molecule has 0 aliphatic rings. The smallest absolute Gasteiger partial charge is 0.234 e. The highest BCUT2D eigenvalue weighted by Crippen LogP contribution is 2.21. The number of carbonyl (C=O) groups is 2. The maximum atomic E-state index is 12.5. The molecule has 144 valence electrons. The van der Waals surface area contributed by atoms with E-state index in [4.69, 9.17) is 0 Å². The van der Waals surface area contributed by atoms with Crippen LogP contribution in [-0.4, -0.2) is 22.8 Å². The molecule has 6 heteroatoms. The van der Waals surface area contributed by atoms with E-state index < -0.39 is 0 Å². The molecule has 0 radical (unpaired) electrons. The van der Waals surface area contributed by atoms with E-state index in [0.717, 1.165) is 27.7 Å². The molecule has 27 heavy (non-hydrogen) atoms. The number of halogens is 1. The van der Waals surface area contributed by atoms with E-state index in [1.54, 1.807) is 0 Å². The normalized spacial score (nSPS) is 12.9. The largest absolute Gasteiger partial charge is 0.348 e. The number of rotatable bonds is 8. The lowest BCUT2D eigenvalue weighted by atomic mass is 10.0. The van der Waals surface area contributed by atoms with Crippen molar-refractivity contribution in [1.29, 1.82) is 0 Å². The molecular weight excluding hydrogens is 424 g/mol. The average molecular weight is 449 g/mol. The SMILES string of the molecule is CCC(NC(=O)C(C)SCC(=O)Nc1ccc(C)cc1)c1ccc(Br)cc1. The van der Waals surface area contributed by atoms with Crippen molar-refractivity contribution in [3.8, 4) is 0 Å². The Morgan fingerprint density at radius 3 is 2.30 bits per heavy atom. The van der Waals surface area contributed by atoms with Crippen LogP contribution in [0.2, 0.25) is 0 Å². The molecule has 0 fully saturated rings. The Hall–Kier alpha value is -1.79. The fourth-order valence-electron chi connectivity index (χ4n) is 2.52. The lowest BCUT2D eigenvalue weighted by molar-refractivity contribution is -0.121. The van der Waals surface area contributed by atoms with Gasteiger partial charge in [0.15, 0.2) is 0 Å². The van der Waals surface area contributed by atoms with Gasteiger partial charge in [-0.15, -0.1) is 11.8 Å². The molecule has 4 nitrogen and oxygen atoms in total. The van der Waals surface area contributed by atoms with Crippen molar-refractivity contribution in [3.05, 3.63) is 64.1 Å². The lowest BCUT2D eigenvalue weighted by Gasteiger charge is -2.20. The van der Waals surface area contributed by atoms with Crippen LogP contribution < -0.4 is 10.6 Å². The van der Waals surface area contributed by atoms with Crippen LogP contribution in [-0.2, 0) is 9.59 Å². The summed E-state index contributed by atoms with van der Waals surface area (Å²) in [6.45, 7) is 5.87. The number of hydrogen-bond donors (Lipinski definition) is 2. The zero-order chi connectivity index (χ0) is 19.8. The molecule has 0 aliphatic carbocycles. The summed E-state index contributed by atoms with van der Waals surface area (Å²) in [5, 5.41) is 5.62. The van der Waals surface area contributed by atoms with Crippen molar-refractivity contribution >= 4 is 45.2 Å². The van der Waals surface area contributed by atoms with Crippen LogP contribution >= 0.6 is 27.7 Å². The van der Waals surface area contributed by atoms with Gasteiger partial charge in [-0.2, -0.15) is 0 Å². The number of amides is 2. The Morgan fingerprint density at radius 1 is 1.07 bits per heavy atom. The first-order valence-corrected chi connectivity index (χ1v) is 10.8. The molecule has 0 saturated carbocycles. The Morgan fingerprint density at radius 2 is 1.70 bits per heavy atom. The molecule has 0 aliphatic heterocycles. The standard InChI is InChI=1S/C21H25BrN2O2S/c1-4-19(16-7-9-17(22)10-8-16)24-21(26)15(3)27-13-20(25)23-18-11-5-14(2)6-12-18/h5-12,15,19H,4,13H2,1-3H3,(H,23,25)(H,24,26). The minimum absolute atomic E-state index is 0.0324. The first kappa shape index (κ1) is 21.5. The van der Waals surface area contributed by atoms with Gasteiger partial charge in [0.05, 0.1) is 17.0 Å². The monoisotopic (exact) mass is 448 g/mol. The minimum atomic E-state index is -0.307. The van der Waals surface area contributed by atoms with E-state index in [-0.39, 0.29) is 28.9 Å². The van der Waals surface area contributed by atoms with Crippen LogP contribution in [0, 0.1) is 6.92 Å². The number of anilines is 1. The van der Waals surface area contributed by atoms with E-state index in [1.807, 2.05) is 69.3 Å². The molecule has 0 saturated heterocycles. The number of carbonyl (C=O) groups excluding carboxylic acids is 2. The van der Waals surface area contributed by atoms with Crippen LogP contribution in [0.4, 0.5) is 5.69 Å². The Labute approximate surface area is 173 Å². The van der Waals surface area contributed by atoms with E-state index in [1.165, 1.54) is 11.8 Å². The molecule has 2 unspecified atom stereocenters. The fraction of sp³-hybridized carbons (Fsp3) is 0.333. The van der Waals surface area contributed by atoms with Gasteiger partial charge < -0.3 is 10.6 Å². The third-order valence-corrected chi connectivity index (χ3v) is 5.84. The van der Waals surface area contributed by atoms with Crippen molar-refractivity contribution in [1.82, 2.24) is 5.32 Å². The summed E-state index contributed by atoms with van der Waals surface area (Å²) in [5.74, 6) is 0.0683. The summed E-state index contributed by atoms with van der Waals surface area (Å²) in [6.07, 6.45) is 0.804. The second kappa shape index (κ2) is 10.5.